The molecule has 0 saturated heterocycles. The van der Waals surface area contributed by atoms with E-state index in [-0.39, 0.29) is 24.7 Å². The maximum absolute atomic E-state index is 12.8. The summed E-state index contributed by atoms with van der Waals surface area (Å²) in [5.74, 6) is 0.858. The van der Waals surface area contributed by atoms with E-state index in [1.807, 2.05) is 18.2 Å². The van der Waals surface area contributed by atoms with Gasteiger partial charge in [0, 0.05) is 5.56 Å². The summed E-state index contributed by atoms with van der Waals surface area (Å²) in [6.45, 7) is 0.122. The molecule has 0 spiro atoms. The van der Waals surface area contributed by atoms with Crippen molar-refractivity contribution in [1.29, 1.82) is 0 Å². The smallest absolute Gasteiger partial charge is 0.246 e. The molecule has 1 amide bonds. The van der Waals surface area contributed by atoms with Gasteiger partial charge in [0.15, 0.2) is 0 Å². The summed E-state index contributed by atoms with van der Waals surface area (Å²) < 4.78 is 23.1. The molecule has 1 heterocycles. The Hall–Kier alpha value is -3.22. The molecule has 0 radical (unpaired) electrons. The Bertz CT molecular complexity index is 862. The topological polar surface area (TPSA) is 77.3 Å². The van der Waals surface area contributed by atoms with Gasteiger partial charge in [0.2, 0.25) is 17.6 Å². The first-order valence-corrected chi connectivity index (χ1v) is 7.62. The number of rotatable bonds is 6. The number of nitrogens with one attached hydrogen (secondary N) is 1. The molecule has 25 heavy (non-hydrogen) atoms. The summed E-state index contributed by atoms with van der Waals surface area (Å²) in [4.78, 5) is 16.2. The van der Waals surface area contributed by atoms with Gasteiger partial charge in [-0.05, 0) is 29.8 Å². The van der Waals surface area contributed by atoms with E-state index in [0.29, 0.717) is 17.5 Å². The number of methoxy groups -OCH3 is 1. The van der Waals surface area contributed by atoms with Crippen LogP contribution in [0.1, 0.15) is 11.5 Å². The van der Waals surface area contributed by atoms with Crippen LogP contribution in [0.2, 0.25) is 0 Å². The van der Waals surface area contributed by atoms with Crippen LogP contribution in [0.3, 0.4) is 0 Å². The van der Waals surface area contributed by atoms with Gasteiger partial charge in [-0.1, -0.05) is 29.4 Å². The Morgan fingerprint density at radius 2 is 2.04 bits per heavy atom. The van der Waals surface area contributed by atoms with Crippen molar-refractivity contribution in [2.24, 2.45) is 0 Å². The lowest BCUT2D eigenvalue weighted by molar-refractivity contribution is -0.120. The number of hydrogen-bond acceptors (Lipinski definition) is 5. The van der Waals surface area contributed by atoms with Gasteiger partial charge in [0.05, 0.1) is 20.1 Å². The van der Waals surface area contributed by atoms with Crippen LogP contribution in [0.5, 0.6) is 5.75 Å². The van der Waals surface area contributed by atoms with Crippen LogP contribution in [0.25, 0.3) is 11.4 Å². The molecule has 0 aliphatic rings. The van der Waals surface area contributed by atoms with Crippen LogP contribution in [0.4, 0.5) is 4.39 Å². The Morgan fingerprint density at radius 3 is 2.80 bits per heavy atom. The molecule has 2 aromatic carbocycles. The van der Waals surface area contributed by atoms with Crippen molar-refractivity contribution in [3.05, 3.63) is 65.8 Å². The monoisotopic (exact) mass is 341 g/mol. The van der Waals surface area contributed by atoms with Gasteiger partial charge in [-0.2, -0.15) is 4.98 Å². The molecule has 6 nitrogen and oxygen atoms in total. The third-order valence-corrected chi connectivity index (χ3v) is 3.51. The fourth-order valence-electron chi connectivity index (χ4n) is 2.23. The van der Waals surface area contributed by atoms with E-state index in [1.54, 1.807) is 25.3 Å². The number of aromatic nitrogens is 2. The number of nitrogens with zero attached hydrogens (tertiary/aromatic N) is 2. The van der Waals surface area contributed by atoms with E-state index in [1.165, 1.54) is 12.1 Å². The SMILES string of the molecule is COc1cccc(-c2noc(CNC(=O)Cc3ccc(F)cc3)n2)c1. The zero-order valence-electron chi connectivity index (χ0n) is 13.5. The molecule has 0 saturated carbocycles. The third-order valence-electron chi connectivity index (χ3n) is 3.51. The molecule has 0 atom stereocenters. The minimum absolute atomic E-state index is 0.122. The van der Waals surface area contributed by atoms with E-state index in [2.05, 4.69) is 15.5 Å². The highest BCUT2D eigenvalue weighted by molar-refractivity contribution is 5.78. The summed E-state index contributed by atoms with van der Waals surface area (Å²) in [6.07, 6.45) is 0.150. The quantitative estimate of drug-likeness (QED) is 0.746. The van der Waals surface area contributed by atoms with Gasteiger partial charge in [0.25, 0.3) is 0 Å². The molecule has 1 N–H and O–H groups in total. The van der Waals surface area contributed by atoms with E-state index >= 15 is 0 Å². The zero-order chi connectivity index (χ0) is 17.6. The summed E-state index contributed by atoms with van der Waals surface area (Å²) in [7, 11) is 1.58. The van der Waals surface area contributed by atoms with Crippen LogP contribution in [0, 0.1) is 5.82 Å². The lowest BCUT2D eigenvalue weighted by Crippen LogP contribution is -2.24. The summed E-state index contributed by atoms with van der Waals surface area (Å²) in [5.41, 5.74) is 1.48. The molecule has 0 unspecified atom stereocenters. The van der Waals surface area contributed by atoms with Crippen LogP contribution in [0.15, 0.2) is 53.1 Å². The fraction of sp³-hybridized carbons (Fsp3) is 0.167. The Labute approximate surface area is 143 Å². The van der Waals surface area contributed by atoms with Gasteiger partial charge in [0.1, 0.15) is 11.6 Å². The van der Waals surface area contributed by atoms with Crippen molar-refractivity contribution < 1.29 is 18.4 Å². The molecule has 1 aromatic heterocycles. The predicted octanol–water partition coefficient (Wildman–Crippen LogP) is 2.74. The van der Waals surface area contributed by atoms with Crippen LogP contribution >= 0.6 is 0 Å². The maximum Gasteiger partial charge on any atom is 0.246 e. The largest absolute Gasteiger partial charge is 0.497 e. The Kier molecular flexibility index (Phi) is 5.03. The molecule has 3 aromatic rings. The number of carbonyl (C=O) groups excluding carboxylic acids is 1. The fourth-order valence-corrected chi connectivity index (χ4v) is 2.23. The van der Waals surface area contributed by atoms with Crippen molar-refractivity contribution in [3.8, 4) is 17.1 Å². The molecule has 0 aliphatic carbocycles. The highest BCUT2D eigenvalue weighted by atomic mass is 19.1. The minimum atomic E-state index is -0.333. The molecular formula is C18H16FN3O3. The Morgan fingerprint density at radius 1 is 1.24 bits per heavy atom. The molecule has 0 aliphatic heterocycles. The highest BCUT2D eigenvalue weighted by Crippen LogP contribution is 2.21. The second-order valence-electron chi connectivity index (χ2n) is 5.32. The molecule has 3 rings (SSSR count). The van der Waals surface area contributed by atoms with E-state index < -0.39 is 0 Å². The lowest BCUT2D eigenvalue weighted by Gasteiger charge is -2.02. The van der Waals surface area contributed by atoms with Crippen LogP contribution in [-0.4, -0.2) is 23.2 Å². The van der Waals surface area contributed by atoms with Gasteiger partial charge >= 0.3 is 0 Å². The van der Waals surface area contributed by atoms with E-state index in [0.717, 1.165) is 11.1 Å². The zero-order valence-corrected chi connectivity index (χ0v) is 13.5. The lowest BCUT2D eigenvalue weighted by atomic mass is 10.1. The molecule has 0 fully saturated rings. The first-order valence-electron chi connectivity index (χ1n) is 7.62. The van der Waals surface area contributed by atoms with Crippen molar-refractivity contribution in [2.45, 2.75) is 13.0 Å². The van der Waals surface area contributed by atoms with Crippen LogP contribution < -0.4 is 10.1 Å². The summed E-state index contributed by atoms with van der Waals surface area (Å²) in [5, 5.41) is 6.59. The average Bonchev–Trinajstić information content (AvgIpc) is 3.11. The number of hydrogen-bond donors (Lipinski definition) is 1. The number of carbonyl (C=O) groups is 1. The number of ether oxygens (including phenoxy) is 1. The molecular weight excluding hydrogens is 325 g/mol. The van der Waals surface area contributed by atoms with Crippen molar-refractivity contribution in [3.63, 3.8) is 0 Å². The van der Waals surface area contributed by atoms with Crippen molar-refractivity contribution >= 4 is 5.91 Å². The molecule has 0 bridgehead atoms. The number of halogens is 1. The number of amides is 1. The Balaban J connectivity index is 1.57. The highest BCUT2D eigenvalue weighted by Gasteiger charge is 2.11. The van der Waals surface area contributed by atoms with Gasteiger partial charge in [-0.15, -0.1) is 0 Å². The first kappa shape index (κ1) is 16.6. The number of benzene rings is 2. The van der Waals surface area contributed by atoms with E-state index in [9.17, 15) is 9.18 Å². The van der Waals surface area contributed by atoms with Gasteiger partial charge < -0.3 is 14.6 Å². The van der Waals surface area contributed by atoms with E-state index in [4.69, 9.17) is 9.26 Å². The minimum Gasteiger partial charge on any atom is -0.497 e. The van der Waals surface area contributed by atoms with Crippen molar-refractivity contribution in [2.75, 3.05) is 7.11 Å². The standard InChI is InChI=1S/C18H16FN3O3/c1-24-15-4-2-3-13(10-15)18-21-17(25-22-18)11-20-16(23)9-12-5-7-14(19)8-6-12/h2-8,10H,9,11H2,1H3,(H,20,23). The molecule has 128 valence electrons. The maximum atomic E-state index is 12.8. The van der Waals surface area contributed by atoms with Crippen LogP contribution in [-0.2, 0) is 17.8 Å². The van der Waals surface area contributed by atoms with Gasteiger partial charge in [-0.25, -0.2) is 4.39 Å². The third kappa shape index (κ3) is 4.41. The summed E-state index contributed by atoms with van der Waals surface area (Å²) >= 11 is 0. The average molecular weight is 341 g/mol. The summed E-state index contributed by atoms with van der Waals surface area (Å²) in [6, 6.07) is 13.1. The van der Waals surface area contributed by atoms with Gasteiger partial charge in [-0.3, -0.25) is 4.79 Å². The second-order valence-corrected chi connectivity index (χ2v) is 5.32. The second kappa shape index (κ2) is 7.57. The van der Waals surface area contributed by atoms with Crippen molar-refractivity contribution in [1.82, 2.24) is 15.5 Å². The first-order chi connectivity index (χ1) is 12.1. The normalized spacial score (nSPS) is 10.5. The predicted molar refractivity (Wildman–Crippen MR) is 88.2 cm³/mol. The molecule has 7 heteroatoms.